The molecular weight excluding hydrogens is 306 g/mol. The number of likely N-dealkylation sites (tertiary alicyclic amines) is 1. The zero-order valence-electron chi connectivity index (χ0n) is 14.8. The number of aryl methyl sites for hydroxylation is 1. The molecule has 0 N–H and O–H groups in total. The molecule has 2 saturated heterocycles. The summed E-state index contributed by atoms with van der Waals surface area (Å²) in [5.41, 5.74) is 0.494. The second-order valence-corrected chi connectivity index (χ2v) is 7.14. The first-order chi connectivity index (χ1) is 11.4. The SMILES string of the molecule is CC1CN(CC2CCCN2C(=O)c2ccc(=O)n(C)c2)CC(C)O1. The summed E-state index contributed by atoms with van der Waals surface area (Å²) < 4.78 is 7.26. The Bertz CT molecular complexity index is 647. The Hall–Kier alpha value is -1.66. The van der Waals surface area contributed by atoms with E-state index in [4.69, 9.17) is 4.74 Å². The predicted octanol–water partition coefficient (Wildman–Crippen LogP) is 1.10. The molecule has 3 heterocycles. The van der Waals surface area contributed by atoms with Crippen LogP contribution in [0.15, 0.2) is 23.1 Å². The van der Waals surface area contributed by atoms with Crippen LogP contribution in [0, 0.1) is 0 Å². The van der Waals surface area contributed by atoms with Gasteiger partial charge in [-0.2, -0.15) is 0 Å². The third-order valence-corrected chi connectivity index (χ3v) is 4.93. The molecule has 6 heteroatoms. The highest BCUT2D eigenvalue weighted by Crippen LogP contribution is 2.22. The van der Waals surface area contributed by atoms with Crippen molar-refractivity contribution < 1.29 is 9.53 Å². The average molecular weight is 333 g/mol. The molecule has 0 spiro atoms. The maximum Gasteiger partial charge on any atom is 0.255 e. The molecule has 0 saturated carbocycles. The topological polar surface area (TPSA) is 54.8 Å². The quantitative estimate of drug-likeness (QED) is 0.831. The molecule has 0 bridgehead atoms. The maximum absolute atomic E-state index is 12.9. The number of pyridine rings is 1. The van der Waals surface area contributed by atoms with E-state index in [1.54, 1.807) is 19.3 Å². The third kappa shape index (κ3) is 3.70. The van der Waals surface area contributed by atoms with Crippen LogP contribution in [0.3, 0.4) is 0 Å². The number of morpholine rings is 1. The van der Waals surface area contributed by atoms with Crippen LogP contribution in [-0.2, 0) is 11.8 Å². The molecule has 6 nitrogen and oxygen atoms in total. The minimum absolute atomic E-state index is 0.0301. The summed E-state index contributed by atoms with van der Waals surface area (Å²) in [6, 6.07) is 3.34. The average Bonchev–Trinajstić information content (AvgIpc) is 2.96. The van der Waals surface area contributed by atoms with Crippen molar-refractivity contribution in [2.75, 3.05) is 26.2 Å². The summed E-state index contributed by atoms with van der Waals surface area (Å²) in [6.07, 6.45) is 4.19. The molecule has 132 valence electrons. The monoisotopic (exact) mass is 333 g/mol. The van der Waals surface area contributed by atoms with Gasteiger partial charge in [-0.25, -0.2) is 0 Å². The number of hydrogen-bond donors (Lipinski definition) is 0. The number of aromatic nitrogens is 1. The predicted molar refractivity (Wildman–Crippen MR) is 92.2 cm³/mol. The zero-order chi connectivity index (χ0) is 17.3. The van der Waals surface area contributed by atoms with Crippen LogP contribution < -0.4 is 5.56 Å². The lowest BCUT2D eigenvalue weighted by Gasteiger charge is -2.38. The van der Waals surface area contributed by atoms with Gasteiger partial charge in [-0.15, -0.1) is 0 Å². The van der Waals surface area contributed by atoms with Gasteiger partial charge in [0.1, 0.15) is 0 Å². The summed E-state index contributed by atoms with van der Waals surface area (Å²) in [4.78, 5) is 28.8. The summed E-state index contributed by atoms with van der Waals surface area (Å²) in [5, 5.41) is 0. The number of nitrogens with zero attached hydrogens (tertiary/aromatic N) is 3. The van der Waals surface area contributed by atoms with E-state index in [2.05, 4.69) is 18.7 Å². The molecule has 1 aromatic heterocycles. The van der Waals surface area contributed by atoms with Crippen molar-refractivity contribution >= 4 is 5.91 Å². The van der Waals surface area contributed by atoms with Crippen LogP contribution in [0.1, 0.15) is 37.0 Å². The molecule has 2 aliphatic rings. The van der Waals surface area contributed by atoms with Gasteiger partial charge in [-0.05, 0) is 32.8 Å². The smallest absolute Gasteiger partial charge is 0.255 e. The first-order valence-corrected chi connectivity index (χ1v) is 8.79. The minimum atomic E-state index is -0.0965. The number of carbonyl (C=O) groups excluding carboxylic acids is 1. The molecule has 2 aliphatic heterocycles. The minimum Gasteiger partial charge on any atom is -0.373 e. The van der Waals surface area contributed by atoms with Crippen LogP contribution in [0.5, 0.6) is 0 Å². The van der Waals surface area contributed by atoms with Gasteiger partial charge in [-0.1, -0.05) is 0 Å². The van der Waals surface area contributed by atoms with Crippen LogP contribution in [0.25, 0.3) is 0 Å². The van der Waals surface area contributed by atoms with E-state index >= 15 is 0 Å². The first kappa shape index (κ1) is 17.2. The highest BCUT2D eigenvalue weighted by molar-refractivity contribution is 5.94. The second kappa shape index (κ2) is 7.07. The fraction of sp³-hybridized carbons (Fsp3) is 0.667. The van der Waals surface area contributed by atoms with Gasteiger partial charge >= 0.3 is 0 Å². The van der Waals surface area contributed by atoms with E-state index < -0.39 is 0 Å². The molecule has 0 radical (unpaired) electrons. The van der Waals surface area contributed by atoms with Gasteiger partial charge < -0.3 is 14.2 Å². The number of amides is 1. The number of hydrogen-bond acceptors (Lipinski definition) is 4. The summed E-state index contributed by atoms with van der Waals surface area (Å²) in [6.45, 7) is 7.73. The van der Waals surface area contributed by atoms with Crippen molar-refractivity contribution in [3.8, 4) is 0 Å². The van der Waals surface area contributed by atoms with Gasteiger partial charge in [-0.3, -0.25) is 14.5 Å². The van der Waals surface area contributed by atoms with Crippen molar-refractivity contribution in [2.45, 2.75) is 44.9 Å². The fourth-order valence-corrected chi connectivity index (χ4v) is 3.91. The second-order valence-electron chi connectivity index (χ2n) is 7.14. The van der Waals surface area contributed by atoms with Crippen LogP contribution in [-0.4, -0.2) is 64.7 Å². The Kier molecular flexibility index (Phi) is 5.06. The molecule has 1 amide bonds. The summed E-state index contributed by atoms with van der Waals surface area (Å²) in [5.74, 6) is 0.0301. The van der Waals surface area contributed by atoms with Gasteiger partial charge in [0.05, 0.1) is 17.8 Å². The molecular formula is C18H27N3O3. The highest BCUT2D eigenvalue weighted by atomic mass is 16.5. The van der Waals surface area contributed by atoms with Crippen LogP contribution in [0.4, 0.5) is 0 Å². The van der Waals surface area contributed by atoms with Gasteiger partial charge in [0.15, 0.2) is 0 Å². The van der Waals surface area contributed by atoms with Crippen LogP contribution in [0.2, 0.25) is 0 Å². The van der Waals surface area contributed by atoms with E-state index in [0.717, 1.165) is 39.0 Å². The van der Waals surface area contributed by atoms with Crippen LogP contribution >= 0.6 is 0 Å². The van der Waals surface area contributed by atoms with Gasteiger partial charge in [0, 0.05) is 51.5 Å². The highest BCUT2D eigenvalue weighted by Gasteiger charge is 2.33. The van der Waals surface area contributed by atoms with Crippen molar-refractivity contribution in [2.24, 2.45) is 7.05 Å². The molecule has 24 heavy (non-hydrogen) atoms. The first-order valence-electron chi connectivity index (χ1n) is 8.79. The van der Waals surface area contributed by atoms with E-state index in [9.17, 15) is 9.59 Å². The largest absolute Gasteiger partial charge is 0.373 e. The Morgan fingerprint density at radius 2 is 1.96 bits per heavy atom. The zero-order valence-corrected chi connectivity index (χ0v) is 14.8. The molecule has 1 aromatic rings. The standard InChI is InChI=1S/C18H27N3O3/c1-13-9-20(10-14(2)24-13)12-16-5-4-8-21(16)18(23)15-6-7-17(22)19(3)11-15/h6-7,11,13-14,16H,4-5,8-10,12H2,1-3H3. The Labute approximate surface area is 143 Å². The number of carbonyl (C=O) groups is 1. The summed E-state index contributed by atoms with van der Waals surface area (Å²) in [7, 11) is 1.68. The van der Waals surface area contributed by atoms with E-state index in [-0.39, 0.29) is 29.7 Å². The lowest BCUT2D eigenvalue weighted by molar-refractivity contribution is -0.0715. The molecule has 3 atom stereocenters. The van der Waals surface area contributed by atoms with E-state index in [1.807, 2.05) is 4.90 Å². The van der Waals surface area contributed by atoms with Crippen molar-refractivity contribution in [3.63, 3.8) is 0 Å². The number of ether oxygens (including phenoxy) is 1. The normalized spacial score (nSPS) is 28.3. The Morgan fingerprint density at radius 3 is 2.62 bits per heavy atom. The molecule has 3 unspecified atom stereocenters. The number of rotatable bonds is 3. The molecule has 3 rings (SSSR count). The van der Waals surface area contributed by atoms with E-state index in [0.29, 0.717) is 5.56 Å². The van der Waals surface area contributed by atoms with Gasteiger partial charge in [0.25, 0.3) is 5.91 Å². The maximum atomic E-state index is 12.9. The van der Waals surface area contributed by atoms with Crippen molar-refractivity contribution in [1.29, 1.82) is 0 Å². The molecule has 2 fully saturated rings. The third-order valence-electron chi connectivity index (χ3n) is 4.93. The van der Waals surface area contributed by atoms with Crippen molar-refractivity contribution in [3.05, 3.63) is 34.2 Å². The molecule has 0 aliphatic carbocycles. The Morgan fingerprint density at radius 1 is 1.25 bits per heavy atom. The van der Waals surface area contributed by atoms with E-state index in [1.165, 1.54) is 10.6 Å². The lowest BCUT2D eigenvalue weighted by atomic mass is 10.1. The van der Waals surface area contributed by atoms with Crippen molar-refractivity contribution in [1.82, 2.24) is 14.4 Å². The molecule has 0 aromatic carbocycles. The fourth-order valence-electron chi connectivity index (χ4n) is 3.91. The Balaban J connectivity index is 1.69. The summed E-state index contributed by atoms with van der Waals surface area (Å²) >= 11 is 0. The lowest BCUT2D eigenvalue weighted by Crippen LogP contribution is -2.51. The van der Waals surface area contributed by atoms with Gasteiger partial charge in [0.2, 0.25) is 5.56 Å².